The van der Waals surface area contributed by atoms with Crippen molar-refractivity contribution in [3.05, 3.63) is 71.1 Å². The maximum atomic E-state index is 12.5. The minimum atomic E-state index is -0.0680. The van der Waals surface area contributed by atoms with Crippen LogP contribution in [0.15, 0.2) is 65.5 Å². The van der Waals surface area contributed by atoms with Crippen LogP contribution in [0.25, 0.3) is 5.82 Å². The molecular weight excluding hydrogens is 484 g/mol. The fraction of sp³-hybridized carbons (Fsp3) is 0.360. The van der Waals surface area contributed by atoms with E-state index in [2.05, 4.69) is 31.1 Å². The third kappa shape index (κ3) is 5.39. The van der Waals surface area contributed by atoms with Crippen LogP contribution in [0.5, 0.6) is 11.5 Å². The van der Waals surface area contributed by atoms with Gasteiger partial charge in [0.1, 0.15) is 18.5 Å². The number of fused-ring (bicyclic) bond motifs is 1. The molecule has 0 unspecified atom stereocenters. The molecule has 0 saturated carbocycles. The molecule has 2 aliphatic rings. The van der Waals surface area contributed by atoms with Gasteiger partial charge in [-0.1, -0.05) is 15.9 Å². The van der Waals surface area contributed by atoms with Crippen molar-refractivity contribution in [2.45, 2.75) is 18.9 Å². The lowest BCUT2D eigenvalue weighted by atomic mass is 9.96. The number of amides is 1. The van der Waals surface area contributed by atoms with E-state index in [0.717, 1.165) is 54.3 Å². The first-order valence-electron chi connectivity index (χ1n) is 11.3. The predicted octanol–water partition coefficient (Wildman–Crippen LogP) is 3.92. The maximum absolute atomic E-state index is 12.5. The Morgan fingerprint density at radius 3 is 2.70 bits per heavy atom. The average Bonchev–Trinajstić information content (AvgIpc) is 3.38. The molecular formula is C25H27BrN4O3. The lowest BCUT2D eigenvalue weighted by molar-refractivity contribution is 0.0476. The summed E-state index contributed by atoms with van der Waals surface area (Å²) in [7, 11) is 0. The van der Waals surface area contributed by atoms with E-state index in [-0.39, 0.29) is 12.0 Å². The van der Waals surface area contributed by atoms with Gasteiger partial charge in [-0.15, -0.1) is 0 Å². The third-order valence-corrected chi connectivity index (χ3v) is 6.72. The summed E-state index contributed by atoms with van der Waals surface area (Å²) in [6.07, 6.45) is 7.64. The van der Waals surface area contributed by atoms with Gasteiger partial charge in [0.25, 0.3) is 5.91 Å². The van der Waals surface area contributed by atoms with Crippen molar-refractivity contribution < 1.29 is 14.3 Å². The van der Waals surface area contributed by atoms with Crippen LogP contribution in [0, 0.1) is 5.92 Å². The van der Waals surface area contributed by atoms with E-state index in [4.69, 9.17) is 9.47 Å². The van der Waals surface area contributed by atoms with Crippen LogP contribution in [0.4, 0.5) is 0 Å². The number of pyridine rings is 1. The number of carbonyl (C=O) groups excluding carboxylic acids is 1. The molecule has 2 aromatic heterocycles. The Labute approximate surface area is 201 Å². The summed E-state index contributed by atoms with van der Waals surface area (Å²) in [5, 5.41) is 3.08. The first kappa shape index (κ1) is 22.0. The summed E-state index contributed by atoms with van der Waals surface area (Å²) in [6.45, 7) is 4.11. The van der Waals surface area contributed by atoms with E-state index < -0.39 is 0 Å². The minimum Gasteiger partial charge on any atom is -0.486 e. The number of ether oxygens (including phenoxy) is 2. The van der Waals surface area contributed by atoms with Crippen molar-refractivity contribution in [1.82, 2.24) is 19.8 Å². The van der Waals surface area contributed by atoms with Crippen LogP contribution in [0.2, 0.25) is 0 Å². The fourth-order valence-electron chi connectivity index (χ4n) is 4.34. The second kappa shape index (κ2) is 9.97. The van der Waals surface area contributed by atoms with E-state index in [1.807, 2.05) is 59.4 Å². The molecule has 1 N–H and O–H groups in total. The van der Waals surface area contributed by atoms with E-state index in [1.54, 1.807) is 6.20 Å². The van der Waals surface area contributed by atoms with E-state index in [1.165, 1.54) is 0 Å². The number of nitrogens with one attached hydrogen (secondary N) is 1. The van der Waals surface area contributed by atoms with Crippen molar-refractivity contribution in [2.24, 2.45) is 5.92 Å². The average molecular weight is 511 g/mol. The number of carbonyl (C=O) groups is 1. The molecule has 1 aromatic carbocycles. The van der Waals surface area contributed by atoms with Crippen molar-refractivity contribution in [3.63, 3.8) is 0 Å². The molecule has 2 aliphatic heterocycles. The predicted molar refractivity (Wildman–Crippen MR) is 129 cm³/mol. The number of halogens is 1. The summed E-state index contributed by atoms with van der Waals surface area (Å²) in [5.74, 6) is 2.82. The zero-order chi connectivity index (χ0) is 22.6. The number of aromatic nitrogens is 2. The highest BCUT2D eigenvalue weighted by Crippen LogP contribution is 2.34. The molecule has 33 heavy (non-hydrogen) atoms. The Balaban J connectivity index is 1.05. The highest BCUT2D eigenvalue weighted by Gasteiger charge is 2.26. The van der Waals surface area contributed by atoms with Crippen LogP contribution >= 0.6 is 15.9 Å². The number of likely N-dealkylation sites (tertiary alicyclic amines) is 1. The molecule has 3 aromatic rings. The van der Waals surface area contributed by atoms with Crippen molar-refractivity contribution in [1.29, 1.82) is 0 Å². The quantitative estimate of drug-likeness (QED) is 0.544. The van der Waals surface area contributed by atoms with Crippen molar-refractivity contribution in [3.8, 4) is 17.3 Å². The van der Waals surface area contributed by atoms with Crippen LogP contribution in [-0.4, -0.2) is 59.2 Å². The molecule has 1 amide bonds. The van der Waals surface area contributed by atoms with Gasteiger partial charge < -0.3 is 19.4 Å². The smallest absolute Gasteiger partial charge is 0.252 e. The summed E-state index contributed by atoms with van der Waals surface area (Å²) < 4.78 is 14.9. The molecule has 0 aliphatic carbocycles. The van der Waals surface area contributed by atoms with E-state index in [9.17, 15) is 4.79 Å². The number of piperidine rings is 1. The lowest BCUT2D eigenvalue weighted by Gasteiger charge is -2.35. The zero-order valence-corrected chi connectivity index (χ0v) is 19.9. The van der Waals surface area contributed by atoms with Crippen molar-refractivity contribution >= 4 is 21.8 Å². The molecule has 1 fully saturated rings. The summed E-state index contributed by atoms with van der Waals surface area (Å²) >= 11 is 3.49. The molecule has 1 saturated heterocycles. The molecule has 7 nitrogen and oxygen atoms in total. The maximum Gasteiger partial charge on any atom is 0.252 e. The molecule has 4 heterocycles. The Bertz CT molecular complexity index is 1080. The number of hydrogen-bond donors (Lipinski definition) is 1. The molecule has 172 valence electrons. The molecule has 5 rings (SSSR count). The molecule has 0 bridgehead atoms. The SMILES string of the molecule is O=C(NCC1CCN(C[C@H]2COc3ccc(Br)cc3O2)CC1)c1ccc(-n2cccc2)nc1. The number of nitrogens with zero attached hydrogens (tertiary/aromatic N) is 3. The van der Waals surface area contributed by atoms with Crippen LogP contribution in [-0.2, 0) is 0 Å². The van der Waals surface area contributed by atoms with Crippen LogP contribution < -0.4 is 14.8 Å². The zero-order valence-electron chi connectivity index (χ0n) is 18.3. The monoisotopic (exact) mass is 510 g/mol. The summed E-state index contributed by atoms with van der Waals surface area (Å²) in [5.41, 5.74) is 0.588. The number of hydrogen-bond acceptors (Lipinski definition) is 5. The molecule has 0 spiro atoms. The van der Waals surface area contributed by atoms with Crippen LogP contribution in [0.3, 0.4) is 0 Å². The lowest BCUT2D eigenvalue weighted by Crippen LogP contribution is -2.45. The van der Waals surface area contributed by atoms with Gasteiger partial charge in [0, 0.05) is 36.2 Å². The topological polar surface area (TPSA) is 68.6 Å². The van der Waals surface area contributed by atoms with E-state index >= 15 is 0 Å². The normalized spacial score (nSPS) is 18.8. The number of benzene rings is 1. The Kier molecular flexibility index (Phi) is 6.64. The minimum absolute atomic E-state index is 0.0325. The Morgan fingerprint density at radius 2 is 1.94 bits per heavy atom. The first-order valence-corrected chi connectivity index (χ1v) is 12.1. The fourth-order valence-corrected chi connectivity index (χ4v) is 4.68. The highest BCUT2D eigenvalue weighted by atomic mass is 79.9. The third-order valence-electron chi connectivity index (χ3n) is 6.22. The second-order valence-electron chi connectivity index (χ2n) is 8.59. The van der Waals surface area contributed by atoms with Gasteiger partial charge in [-0.25, -0.2) is 4.98 Å². The van der Waals surface area contributed by atoms with Crippen molar-refractivity contribution in [2.75, 3.05) is 32.8 Å². The molecule has 8 heteroatoms. The standard InChI is InChI=1S/C25H27BrN4O3/c26-20-4-5-22-23(13-20)33-21(17-32-22)16-29-11-7-18(8-12-29)14-28-25(31)19-3-6-24(27-15-19)30-9-1-2-10-30/h1-6,9-10,13,15,18,21H,7-8,11-12,14,16-17H2,(H,28,31)/t21-/m0/s1. The van der Waals surface area contributed by atoms with Crippen LogP contribution in [0.1, 0.15) is 23.2 Å². The van der Waals surface area contributed by atoms with Gasteiger partial charge in [-0.05, 0) is 74.3 Å². The van der Waals surface area contributed by atoms with E-state index in [0.29, 0.717) is 24.6 Å². The van der Waals surface area contributed by atoms with Gasteiger partial charge in [-0.3, -0.25) is 9.69 Å². The first-order chi connectivity index (χ1) is 16.1. The highest BCUT2D eigenvalue weighted by molar-refractivity contribution is 9.10. The largest absolute Gasteiger partial charge is 0.486 e. The second-order valence-corrected chi connectivity index (χ2v) is 9.51. The van der Waals surface area contributed by atoms with Gasteiger partial charge in [-0.2, -0.15) is 0 Å². The van der Waals surface area contributed by atoms with Gasteiger partial charge in [0.2, 0.25) is 0 Å². The Morgan fingerprint density at radius 1 is 1.12 bits per heavy atom. The summed E-state index contributed by atoms with van der Waals surface area (Å²) in [6, 6.07) is 13.4. The number of rotatable bonds is 6. The van der Waals surface area contributed by atoms with Gasteiger partial charge in [0.15, 0.2) is 11.5 Å². The summed E-state index contributed by atoms with van der Waals surface area (Å²) in [4.78, 5) is 19.4. The van der Waals surface area contributed by atoms with Gasteiger partial charge in [0.05, 0.1) is 5.56 Å². The van der Waals surface area contributed by atoms with Gasteiger partial charge >= 0.3 is 0 Å². The Hall–Kier alpha value is -2.84. The molecule has 1 atom stereocenters. The molecule has 0 radical (unpaired) electrons.